The van der Waals surface area contributed by atoms with Crippen molar-refractivity contribution >= 4 is 11.6 Å². The molecule has 3 aromatic rings. The van der Waals surface area contributed by atoms with Crippen LogP contribution in [0.3, 0.4) is 0 Å². The summed E-state index contributed by atoms with van der Waals surface area (Å²) in [6.45, 7) is 0.0687. The summed E-state index contributed by atoms with van der Waals surface area (Å²) in [6, 6.07) is 16.1. The molecule has 0 radical (unpaired) electrons. The van der Waals surface area contributed by atoms with Gasteiger partial charge in [0, 0.05) is 12.8 Å². The Morgan fingerprint density at radius 3 is 2.80 bits per heavy atom. The first-order valence-electron chi connectivity index (χ1n) is 8.26. The minimum atomic E-state index is -0.132. The van der Waals surface area contributed by atoms with Crippen molar-refractivity contribution in [1.29, 1.82) is 0 Å². The topological polar surface area (TPSA) is 79.9 Å². The molecule has 6 nitrogen and oxygen atoms in total. The quantitative estimate of drug-likeness (QED) is 0.751. The molecule has 0 aliphatic carbocycles. The Morgan fingerprint density at radius 1 is 1.04 bits per heavy atom. The van der Waals surface area contributed by atoms with Gasteiger partial charge in [0.05, 0.1) is 5.69 Å². The lowest BCUT2D eigenvalue weighted by Crippen LogP contribution is -2.25. The largest absolute Gasteiger partial charge is 0.482 e. The van der Waals surface area contributed by atoms with E-state index < -0.39 is 0 Å². The number of hydrogen-bond donors (Lipinski definition) is 2. The number of aryl methyl sites for hydroxylation is 2. The molecule has 2 aromatic carbocycles. The Balaban J connectivity index is 1.41. The second-order valence-electron chi connectivity index (χ2n) is 6.03. The summed E-state index contributed by atoms with van der Waals surface area (Å²) in [5.41, 5.74) is 3.02. The van der Waals surface area contributed by atoms with Crippen LogP contribution in [0.1, 0.15) is 22.8 Å². The van der Waals surface area contributed by atoms with E-state index >= 15 is 0 Å². The van der Waals surface area contributed by atoms with E-state index in [1.165, 1.54) is 5.56 Å². The molecule has 0 bridgehead atoms. The maximum Gasteiger partial charge on any atom is 0.262 e. The van der Waals surface area contributed by atoms with E-state index in [0.29, 0.717) is 17.9 Å². The van der Waals surface area contributed by atoms with E-state index in [9.17, 15) is 4.79 Å². The van der Waals surface area contributed by atoms with Gasteiger partial charge in [0.2, 0.25) is 0 Å². The average molecular weight is 334 g/mol. The van der Waals surface area contributed by atoms with Crippen molar-refractivity contribution in [2.45, 2.75) is 19.3 Å². The van der Waals surface area contributed by atoms with Crippen molar-refractivity contribution in [2.75, 3.05) is 11.9 Å². The van der Waals surface area contributed by atoms with Crippen LogP contribution in [0, 0.1) is 0 Å². The zero-order chi connectivity index (χ0) is 17.1. The number of rotatable bonds is 5. The number of anilines is 1. The standard InChI is InChI=1S/C19H18N4O2/c24-19-12-25-16-8-6-14(10-15(16)20-19)11-18-21-17(22-23-18)9-7-13-4-2-1-3-5-13/h1-6,8,10H,7,9,11-12H2,(H,20,24)(H,21,22,23). The molecule has 0 fully saturated rings. The molecule has 0 spiro atoms. The van der Waals surface area contributed by atoms with Crippen molar-refractivity contribution in [2.24, 2.45) is 0 Å². The maximum atomic E-state index is 11.4. The number of aromatic amines is 1. The predicted molar refractivity (Wildman–Crippen MR) is 93.6 cm³/mol. The zero-order valence-electron chi connectivity index (χ0n) is 13.7. The van der Waals surface area contributed by atoms with Gasteiger partial charge in [-0.25, -0.2) is 4.98 Å². The Kier molecular flexibility index (Phi) is 4.16. The van der Waals surface area contributed by atoms with Gasteiger partial charge < -0.3 is 10.1 Å². The highest BCUT2D eigenvalue weighted by Crippen LogP contribution is 2.28. The summed E-state index contributed by atoms with van der Waals surface area (Å²) in [6.07, 6.45) is 2.34. The summed E-state index contributed by atoms with van der Waals surface area (Å²) in [4.78, 5) is 16.0. The van der Waals surface area contributed by atoms with Crippen molar-refractivity contribution in [3.8, 4) is 5.75 Å². The fraction of sp³-hybridized carbons (Fsp3) is 0.211. The monoisotopic (exact) mass is 334 g/mol. The van der Waals surface area contributed by atoms with Gasteiger partial charge >= 0.3 is 0 Å². The molecule has 1 aliphatic heterocycles. The van der Waals surface area contributed by atoms with E-state index in [0.717, 1.165) is 30.1 Å². The number of carbonyl (C=O) groups excluding carboxylic acids is 1. The van der Waals surface area contributed by atoms with Crippen LogP contribution in [0.25, 0.3) is 0 Å². The third-order valence-electron chi connectivity index (χ3n) is 4.11. The molecule has 1 aromatic heterocycles. The first-order chi connectivity index (χ1) is 12.3. The lowest BCUT2D eigenvalue weighted by Gasteiger charge is -2.18. The molecule has 0 unspecified atom stereocenters. The number of amides is 1. The highest BCUT2D eigenvalue weighted by molar-refractivity contribution is 5.95. The van der Waals surface area contributed by atoms with E-state index in [1.54, 1.807) is 0 Å². The number of hydrogen-bond acceptors (Lipinski definition) is 4. The van der Waals surface area contributed by atoms with Gasteiger partial charge in [0.25, 0.3) is 5.91 Å². The van der Waals surface area contributed by atoms with E-state index in [4.69, 9.17) is 4.74 Å². The summed E-state index contributed by atoms with van der Waals surface area (Å²) in [7, 11) is 0. The highest BCUT2D eigenvalue weighted by atomic mass is 16.5. The lowest BCUT2D eigenvalue weighted by atomic mass is 10.1. The van der Waals surface area contributed by atoms with Crippen molar-refractivity contribution < 1.29 is 9.53 Å². The molecular formula is C19H18N4O2. The average Bonchev–Trinajstić information content (AvgIpc) is 3.08. The molecule has 6 heteroatoms. The first-order valence-corrected chi connectivity index (χ1v) is 8.26. The summed E-state index contributed by atoms with van der Waals surface area (Å²) in [5, 5.41) is 10.1. The summed E-state index contributed by atoms with van der Waals surface area (Å²) >= 11 is 0. The van der Waals surface area contributed by atoms with Crippen LogP contribution < -0.4 is 10.1 Å². The lowest BCUT2D eigenvalue weighted by molar-refractivity contribution is -0.118. The minimum absolute atomic E-state index is 0.0687. The van der Waals surface area contributed by atoms with Crippen LogP contribution in [-0.2, 0) is 24.1 Å². The number of carbonyl (C=O) groups is 1. The van der Waals surface area contributed by atoms with E-state index in [2.05, 4.69) is 32.6 Å². The summed E-state index contributed by atoms with van der Waals surface area (Å²) < 4.78 is 5.37. The van der Waals surface area contributed by atoms with Crippen LogP contribution in [0.15, 0.2) is 48.5 Å². The Labute approximate surface area is 145 Å². The second-order valence-corrected chi connectivity index (χ2v) is 6.03. The van der Waals surface area contributed by atoms with Gasteiger partial charge in [-0.15, -0.1) is 0 Å². The molecule has 2 N–H and O–H groups in total. The predicted octanol–water partition coefficient (Wildman–Crippen LogP) is 2.51. The van der Waals surface area contributed by atoms with Gasteiger partial charge in [-0.1, -0.05) is 36.4 Å². The SMILES string of the molecule is O=C1COc2ccc(Cc3nc(CCc4ccccc4)n[nH]3)cc2N1. The van der Waals surface area contributed by atoms with E-state index in [-0.39, 0.29) is 12.5 Å². The molecule has 1 aliphatic rings. The van der Waals surface area contributed by atoms with Gasteiger partial charge in [0.1, 0.15) is 11.6 Å². The number of fused-ring (bicyclic) bond motifs is 1. The molecule has 0 saturated carbocycles. The fourth-order valence-electron chi connectivity index (χ4n) is 2.86. The molecular weight excluding hydrogens is 316 g/mol. The molecule has 126 valence electrons. The summed E-state index contributed by atoms with van der Waals surface area (Å²) in [5.74, 6) is 2.19. The number of H-pyrrole nitrogens is 1. The molecule has 1 amide bonds. The Bertz CT molecular complexity index is 889. The van der Waals surface area contributed by atoms with Crippen LogP contribution in [0.5, 0.6) is 5.75 Å². The third-order valence-corrected chi connectivity index (χ3v) is 4.11. The van der Waals surface area contributed by atoms with Gasteiger partial charge in [-0.3, -0.25) is 9.89 Å². The van der Waals surface area contributed by atoms with Gasteiger partial charge in [0.15, 0.2) is 12.4 Å². The molecule has 2 heterocycles. The number of nitrogens with zero attached hydrogens (tertiary/aromatic N) is 2. The van der Waals surface area contributed by atoms with Crippen molar-refractivity contribution in [3.63, 3.8) is 0 Å². The van der Waals surface area contributed by atoms with Crippen LogP contribution in [0.4, 0.5) is 5.69 Å². The second kappa shape index (κ2) is 6.76. The third kappa shape index (κ3) is 3.68. The van der Waals surface area contributed by atoms with Gasteiger partial charge in [-0.2, -0.15) is 5.10 Å². The molecule has 25 heavy (non-hydrogen) atoms. The van der Waals surface area contributed by atoms with Crippen LogP contribution in [0.2, 0.25) is 0 Å². The first kappa shape index (κ1) is 15.4. The van der Waals surface area contributed by atoms with Crippen LogP contribution in [-0.4, -0.2) is 27.7 Å². The number of nitrogens with one attached hydrogen (secondary N) is 2. The number of ether oxygens (including phenoxy) is 1. The number of benzene rings is 2. The van der Waals surface area contributed by atoms with Crippen molar-refractivity contribution in [1.82, 2.24) is 15.2 Å². The smallest absolute Gasteiger partial charge is 0.262 e. The van der Waals surface area contributed by atoms with Gasteiger partial charge in [-0.05, 0) is 29.7 Å². The zero-order valence-corrected chi connectivity index (χ0v) is 13.7. The Hall–Kier alpha value is -3.15. The highest BCUT2D eigenvalue weighted by Gasteiger charge is 2.16. The molecule has 4 rings (SSSR count). The van der Waals surface area contributed by atoms with E-state index in [1.807, 2.05) is 36.4 Å². The fourth-order valence-corrected chi connectivity index (χ4v) is 2.86. The Morgan fingerprint density at radius 2 is 1.92 bits per heavy atom. The maximum absolute atomic E-state index is 11.4. The molecule has 0 saturated heterocycles. The number of aromatic nitrogens is 3. The molecule has 0 atom stereocenters. The minimum Gasteiger partial charge on any atom is -0.482 e. The normalized spacial score (nSPS) is 13.0. The van der Waals surface area contributed by atoms with Crippen molar-refractivity contribution in [3.05, 3.63) is 71.3 Å². The van der Waals surface area contributed by atoms with Crippen LogP contribution >= 0.6 is 0 Å².